The molecule has 0 saturated carbocycles. The van der Waals surface area contributed by atoms with E-state index in [9.17, 15) is 0 Å². The van der Waals surface area contributed by atoms with Crippen molar-refractivity contribution < 1.29 is 58.2 Å². The first kappa shape index (κ1) is 20.6. The molecule has 1 aromatic carbocycles. The summed E-state index contributed by atoms with van der Waals surface area (Å²) in [6.45, 7) is 12.1. The number of hydrogen-bond donors (Lipinski definition) is 0. The summed E-state index contributed by atoms with van der Waals surface area (Å²) < 4.78 is 0. The molecule has 0 aliphatic heterocycles. The Hall–Kier alpha value is 0.305. The standard InChI is InChI=1S/C12H12N.2C2H6.Rb/c1-3-10-4-5-12-11(7-10)6-9(2)8-13-12;2*1-2;/h3-8H,1-2H3;2*1-2H3;/q-1;;;+1. The number of pyridine rings is 1. The van der Waals surface area contributed by atoms with Crippen LogP contribution in [0.3, 0.4) is 0 Å². The SMILES string of the molecule is CC.CC.C[CH-]c1ccc2ncc(C)cc2c1.[Rb+]. The summed E-state index contributed by atoms with van der Waals surface area (Å²) in [5, 5.41) is 1.22. The number of aryl methyl sites for hydroxylation is 1. The first-order valence-corrected chi connectivity index (χ1v) is 6.45. The number of benzene rings is 1. The Morgan fingerprint density at radius 3 is 2.17 bits per heavy atom. The molecule has 0 bridgehead atoms. The van der Waals surface area contributed by atoms with Gasteiger partial charge in [-0.3, -0.25) is 4.98 Å². The van der Waals surface area contributed by atoms with Gasteiger partial charge in [-0.1, -0.05) is 52.1 Å². The van der Waals surface area contributed by atoms with Crippen molar-refractivity contribution in [3.05, 3.63) is 48.0 Å². The van der Waals surface area contributed by atoms with Crippen LogP contribution in [0.4, 0.5) is 0 Å². The summed E-state index contributed by atoms with van der Waals surface area (Å²) in [5.74, 6) is 0. The van der Waals surface area contributed by atoms with Crippen LogP contribution in [0, 0.1) is 13.3 Å². The van der Waals surface area contributed by atoms with Gasteiger partial charge in [0.05, 0.1) is 0 Å². The van der Waals surface area contributed by atoms with E-state index in [1.807, 2.05) is 40.8 Å². The van der Waals surface area contributed by atoms with E-state index in [1.54, 1.807) is 0 Å². The molecule has 0 radical (unpaired) electrons. The fourth-order valence-corrected chi connectivity index (χ4v) is 1.44. The van der Waals surface area contributed by atoms with Crippen molar-refractivity contribution >= 4 is 10.9 Å². The smallest absolute Gasteiger partial charge is 0.258 e. The molecule has 0 saturated heterocycles. The van der Waals surface area contributed by atoms with E-state index in [-0.39, 0.29) is 58.2 Å². The van der Waals surface area contributed by atoms with Crippen LogP contribution >= 0.6 is 0 Å². The molecule has 1 heterocycles. The number of rotatable bonds is 1. The predicted octanol–water partition coefficient (Wildman–Crippen LogP) is 2.17. The zero-order valence-corrected chi connectivity index (χ0v) is 17.8. The van der Waals surface area contributed by atoms with Gasteiger partial charge in [0.2, 0.25) is 0 Å². The second-order valence-corrected chi connectivity index (χ2v) is 3.25. The molecule has 0 amide bonds. The minimum atomic E-state index is 0. The topological polar surface area (TPSA) is 12.9 Å². The predicted molar refractivity (Wildman–Crippen MR) is 78.3 cm³/mol. The number of fused-ring (bicyclic) bond motifs is 1. The maximum absolute atomic E-state index is 4.34. The summed E-state index contributed by atoms with van der Waals surface area (Å²) in [6.07, 6.45) is 4.00. The molecular weight excluding hydrogens is 292 g/mol. The Balaban J connectivity index is 0. The summed E-state index contributed by atoms with van der Waals surface area (Å²) >= 11 is 0. The molecule has 0 unspecified atom stereocenters. The van der Waals surface area contributed by atoms with Crippen molar-refractivity contribution in [3.8, 4) is 0 Å². The van der Waals surface area contributed by atoms with Gasteiger partial charge in [-0.2, -0.15) is 24.1 Å². The molecule has 18 heavy (non-hydrogen) atoms. The van der Waals surface area contributed by atoms with Crippen molar-refractivity contribution in [2.45, 2.75) is 41.5 Å². The van der Waals surface area contributed by atoms with E-state index < -0.39 is 0 Å². The summed E-state index contributed by atoms with van der Waals surface area (Å²) in [4.78, 5) is 4.34. The van der Waals surface area contributed by atoms with Gasteiger partial charge in [0, 0.05) is 11.7 Å². The number of nitrogens with zero attached hydrogens (tertiary/aromatic N) is 1. The van der Waals surface area contributed by atoms with Crippen molar-refractivity contribution in [3.63, 3.8) is 0 Å². The summed E-state index contributed by atoms with van der Waals surface area (Å²) in [7, 11) is 0. The fourth-order valence-electron chi connectivity index (χ4n) is 1.44. The number of aromatic nitrogens is 1. The molecule has 0 fully saturated rings. The third-order valence-corrected chi connectivity index (χ3v) is 2.18. The van der Waals surface area contributed by atoms with E-state index >= 15 is 0 Å². The summed E-state index contributed by atoms with van der Waals surface area (Å²) in [5.41, 5.74) is 3.52. The number of hydrogen-bond acceptors (Lipinski definition) is 1. The molecule has 0 aliphatic rings. The van der Waals surface area contributed by atoms with Gasteiger partial charge in [-0.15, -0.1) is 0 Å². The third kappa shape index (κ3) is 6.47. The van der Waals surface area contributed by atoms with Gasteiger partial charge in [0.1, 0.15) is 0 Å². The molecule has 94 valence electrons. The fraction of sp³-hybridized carbons (Fsp3) is 0.375. The van der Waals surface area contributed by atoms with E-state index in [4.69, 9.17) is 0 Å². The van der Waals surface area contributed by atoms with Crippen LogP contribution in [0.5, 0.6) is 0 Å². The van der Waals surface area contributed by atoms with E-state index in [2.05, 4.69) is 42.6 Å². The van der Waals surface area contributed by atoms with Crippen LogP contribution in [0.15, 0.2) is 30.5 Å². The Bertz CT molecular complexity index is 438. The van der Waals surface area contributed by atoms with Crippen LogP contribution in [0.1, 0.15) is 45.7 Å². The first-order valence-electron chi connectivity index (χ1n) is 6.45. The second kappa shape index (κ2) is 12.3. The molecule has 2 aromatic rings. The van der Waals surface area contributed by atoms with Crippen molar-refractivity contribution in [1.29, 1.82) is 0 Å². The first-order chi connectivity index (χ1) is 8.29. The molecule has 1 nitrogen and oxygen atoms in total. The molecule has 1 aromatic heterocycles. The molecule has 0 N–H and O–H groups in total. The minimum Gasteiger partial charge on any atom is -0.258 e. The Labute approximate surface area is 161 Å². The van der Waals surface area contributed by atoms with Gasteiger partial charge >= 0.3 is 58.2 Å². The maximum Gasteiger partial charge on any atom is 1.00 e. The van der Waals surface area contributed by atoms with Crippen LogP contribution in [0.2, 0.25) is 0 Å². The Kier molecular flexibility index (Phi) is 14.1. The van der Waals surface area contributed by atoms with E-state index in [1.165, 1.54) is 16.5 Å². The van der Waals surface area contributed by atoms with Gasteiger partial charge in [0.15, 0.2) is 0 Å². The normalized spacial score (nSPS) is 8.11. The van der Waals surface area contributed by atoms with Crippen molar-refractivity contribution in [2.75, 3.05) is 0 Å². The average molecular weight is 316 g/mol. The third-order valence-electron chi connectivity index (χ3n) is 2.18. The monoisotopic (exact) mass is 315 g/mol. The summed E-state index contributed by atoms with van der Waals surface area (Å²) in [6, 6.07) is 8.47. The van der Waals surface area contributed by atoms with Gasteiger partial charge < -0.3 is 0 Å². The Morgan fingerprint density at radius 1 is 1.00 bits per heavy atom. The maximum atomic E-state index is 4.34. The second-order valence-electron chi connectivity index (χ2n) is 3.25. The van der Waals surface area contributed by atoms with Crippen LogP contribution in [0.25, 0.3) is 10.9 Å². The molecular formula is C16H24NRb. The zero-order valence-electron chi connectivity index (χ0n) is 12.9. The van der Waals surface area contributed by atoms with E-state index in [0.29, 0.717) is 0 Å². The largest absolute Gasteiger partial charge is 1.00 e. The van der Waals surface area contributed by atoms with E-state index in [0.717, 1.165) is 5.52 Å². The van der Waals surface area contributed by atoms with Gasteiger partial charge in [-0.05, 0) is 12.5 Å². The molecule has 0 spiro atoms. The quantitative estimate of drug-likeness (QED) is 0.735. The Morgan fingerprint density at radius 2 is 1.61 bits per heavy atom. The molecule has 2 rings (SSSR count). The van der Waals surface area contributed by atoms with Crippen molar-refractivity contribution in [1.82, 2.24) is 4.98 Å². The zero-order chi connectivity index (χ0) is 13.3. The minimum absolute atomic E-state index is 0. The molecule has 2 heteroatoms. The van der Waals surface area contributed by atoms with Gasteiger partial charge in [0.25, 0.3) is 0 Å². The van der Waals surface area contributed by atoms with Crippen LogP contribution in [-0.2, 0) is 0 Å². The van der Waals surface area contributed by atoms with Crippen LogP contribution < -0.4 is 58.2 Å². The molecule has 0 atom stereocenters. The van der Waals surface area contributed by atoms with Crippen molar-refractivity contribution in [2.24, 2.45) is 0 Å². The van der Waals surface area contributed by atoms with Gasteiger partial charge in [-0.25, -0.2) is 0 Å². The van der Waals surface area contributed by atoms with Crippen LogP contribution in [-0.4, -0.2) is 4.98 Å². The molecule has 0 aliphatic carbocycles. The average Bonchev–Trinajstić information content (AvgIpc) is 2.42.